The third-order valence-electron chi connectivity index (χ3n) is 2.88. The Morgan fingerprint density at radius 2 is 1.77 bits per heavy atom. The minimum atomic E-state index is -3.57. The van der Waals surface area contributed by atoms with Crippen LogP contribution in [0, 0.1) is 0 Å². The van der Waals surface area contributed by atoms with E-state index in [4.69, 9.17) is 5.73 Å². The van der Waals surface area contributed by atoms with Crippen molar-refractivity contribution in [3.63, 3.8) is 0 Å². The maximum absolute atomic E-state index is 12.6. The first-order valence-corrected chi connectivity index (χ1v) is 8.29. The van der Waals surface area contributed by atoms with E-state index in [0.29, 0.717) is 5.56 Å². The van der Waals surface area contributed by atoms with Gasteiger partial charge in [-0.2, -0.15) is 0 Å². The van der Waals surface area contributed by atoms with Gasteiger partial charge in [0.15, 0.2) is 5.78 Å². The lowest BCUT2D eigenvalue weighted by Gasteiger charge is -2.09. The Hall–Kier alpha value is -2.54. The molecule has 2 rings (SSSR count). The molecule has 0 spiro atoms. The van der Waals surface area contributed by atoms with Crippen LogP contribution in [0.1, 0.15) is 23.0 Å². The first-order valence-electron chi connectivity index (χ1n) is 6.40. The Labute approximate surface area is 128 Å². The molecule has 1 aromatic carbocycles. The molecule has 7 heteroatoms. The fraction of sp³-hybridized carbons (Fsp3) is 0.133. The first kappa shape index (κ1) is 15.8. The van der Waals surface area contributed by atoms with Gasteiger partial charge < -0.3 is 5.73 Å². The van der Waals surface area contributed by atoms with Gasteiger partial charge in [0.25, 0.3) is 0 Å². The lowest BCUT2D eigenvalue weighted by atomic mass is 9.99. The Morgan fingerprint density at radius 1 is 1.14 bits per heavy atom. The van der Waals surface area contributed by atoms with Gasteiger partial charge in [0.2, 0.25) is 15.0 Å². The summed E-state index contributed by atoms with van der Waals surface area (Å²) in [4.78, 5) is 20.3. The number of ketones is 1. The van der Waals surface area contributed by atoms with Gasteiger partial charge in [0.05, 0.1) is 11.3 Å². The molecular weight excluding hydrogens is 302 g/mol. The fourth-order valence-electron chi connectivity index (χ4n) is 1.89. The summed E-state index contributed by atoms with van der Waals surface area (Å²) in [5.41, 5.74) is 6.87. The van der Waals surface area contributed by atoms with Crippen molar-refractivity contribution in [3.05, 3.63) is 59.5 Å². The zero-order valence-electron chi connectivity index (χ0n) is 12.1. The molecule has 2 aromatic rings. The topological polar surface area (TPSA) is 103 Å². The van der Waals surface area contributed by atoms with Crippen molar-refractivity contribution < 1.29 is 13.2 Å². The molecule has 6 nitrogen and oxygen atoms in total. The molecule has 1 aromatic heterocycles. The number of hydrogen-bond donors (Lipinski definition) is 1. The summed E-state index contributed by atoms with van der Waals surface area (Å²) in [5.74, 6) is -0.321. The van der Waals surface area contributed by atoms with Crippen LogP contribution in [-0.2, 0) is 9.84 Å². The van der Waals surface area contributed by atoms with Crippen molar-refractivity contribution in [3.8, 4) is 0 Å². The lowest BCUT2D eigenvalue weighted by molar-refractivity contribution is 0.105. The standard InChI is InChI=1S/C15H15N3O3S/c1-10(16)13(14(19)11-6-4-3-5-7-11)12-8-9-17-15(18-12)22(2,20)21/h3-9H,16H2,1-2H3. The third kappa shape index (κ3) is 3.37. The number of carbonyl (C=O) groups excluding carboxylic acids is 1. The van der Waals surface area contributed by atoms with E-state index in [9.17, 15) is 13.2 Å². The summed E-state index contributed by atoms with van der Waals surface area (Å²) in [6, 6.07) is 10.0. The first-order chi connectivity index (χ1) is 10.3. The number of nitrogens with two attached hydrogens (primary N) is 1. The molecule has 0 bridgehead atoms. The van der Waals surface area contributed by atoms with Gasteiger partial charge in [0.1, 0.15) is 0 Å². The molecule has 0 aliphatic rings. The van der Waals surface area contributed by atoms with Gasteiger partial charge in [0, 0.05) is 23.7 Å². The number of Topliss-reactive ketones (excluding diaryl/α,β-unsaturated/α-hetero) is 1. The van der Waals surface area contributed by atoms with Crippen molar-refractivity contribution >= 4 is 21.2 Å². The van der Waals surface area contributed by atoms with E-state index in [2.05, 4.69) is 9.97 Å². The molecule has 0 saturated heterocycles. The van der Waals surface area contributed by atoms with E-state index < -0.39 is 9.84 Å². The zero-order chi connectivity index (χ0) is 16.3. The Morgan fingerprint density at radius 3 is 2.32 bits per heavy atom. The maximum Gasteiger partial charge on any atom is 0.247 e. The van der Waals surface area contributed by atoms with Crippen LogP contribution in [0.15, 0.2) is 53.4 Å². The van der Waals surface area contributed by atoms with Crippen molar-refractivity contribution in [1.29, 1.82) is 0 Å². The van der Waals surface area contributed by atoms with Gasteiger partial charge in [-0.15, -0.1) is 0 Å². The molecule has 2 N–H and O–H groups in total. The van der Waals surface area contributed by atoms with E-state index in [-0.39, 0.29) is 27.9 Å². The van der Waals surface area contributed by atoms with Gasteiger partial charge >= 0.3 is 0 Å². The molecule has 0 atom stereocenters. The van der Waals surface area contributed by atoms with Crippen LogP contribution in [0.5, 0.6) is 0 Å². The van der Waals surface area contributed by atoms with E-state index in [1.165, 1.54) is 12.3 Å². The molecule has 0 unspecified atom stereocenters. The largest absolute Gasteiger partial charge is 0.402 e. The van der Waals surface area contributed by atoms with Gasteiger partial charge in [-0.25, -0.2) is 18.4 Å². The lowest BCUT2D eigenvalue weighted by Crippen LogP contribution is -2.12. The maximum atomic E-state index is 12.6. The molecule has 0 amide bonds. The summed E-state index contributed by atoms with van der Waals surface area (Å²) in [6.07, 6.45) is 2.30. The number of benzene rings is 1. The fourth-order valence-corrected chi connectivity index (χ4v) is 2.41. The van der Waals surface area contributed by atoms with Crippen LogP contribution in [0.4, 0.5) is 0 Å². The minimum Gasteiger partial charge on any atom is -0.402 e. The van der Waals surface area contributed by atoms with Crippen LogP contribution < -0.4 is 5.73 Å². The number of sulfone groups is 1. The van der Waals surface area contributed by atoms with Crippen molar-refractivity contribution in [2.75, 3.05) is 6.26 Å². The van der Waals surface area contributed by atoms with E-state index in [1.54, 1.807) is 37.3 Å². The number of hydrogen-bond acceptors (Lipinski definition) is 6. The second kappa shape index (κ2) is 6.07. The molecule has 22 heavy (non-hydrogen) atoms. The number of carbonyl (C=O) groups is 1. The van der Waals surface area contributed by atoms with Gasteiger partial charge in [-0.1, -0.05) is 30.3 Å². The predicted molar refractivity (Wildman–Crippen MR) is 82.7 cm³/mol. The minimum absolute atomic E-state index is 0.165. The summed E-state index contributed by atoms with van der Waals surface area (Å²) in [5, 5.41) is -0.343. The molecule has 0 aliphatic heterocycles. The second-order valence-electron chi connectivity index (χ2n) is 4.75. The third-order valence-corrected chi connectivity index (χ3v) is 3.74. The molecule has 0 aliphatic carbocycles. The molecule has 0 saturated carbocycles. The number of nitrogens with zero attached hydrogens (tertiary/aromatic N) is 2. The second-order valence-corrected chi connectivity index (χ2v) is 6.66. The van der Waals surface area contributed by atoms with Crippen molar-refractivity contribution in [2.24, 2.45) is 5.73 Å². The van der Waals surface area contributed by atoms with Crippen LogP contribution >= 0.6 is 0 Å². The van der Waals surface area contributed by atoms with E-state index >= 15 is 0 Å². The monoisotopic (exact) mass is 317 g/mol. The molecule has 0 radical (unpaired) electrons. The Bertz CT molecular complexity index is 839. The number of rotatable bonds is 4. The van der Waals surface area contributed by atoms with Crippen LogP contribution in [0.2, 0.25) is 0 Å². The average molecular weight is 317 g/mol. The number of aromatic nitrogens is 2. The summed E-state index contributed by atoms with van der Waals surface area (Å²) in [6.45, 7) is 1.57. The summed E-state index contributed by atoms with van der Waals surface area (Å²) in [7, 11) is -3.57. The van der Waals surface area contributed by atoms with E-state index in [0.717, 1.165) is 6.26 Å². The molecule has 1 heterocycles. The summed E-state index contributed by atoms with van der Waals surface area (Å²) >= 11 is 0. The molecule has 0 fully saturated rings. The summed E-state index contributed by atoms with van der Waals surface area (Å²) < 4.78 is 23.1. The smallest absolute Gasteiger partial charge is 0.247 e. The number of allylic oxidation sites excluding steroid dienone is 2. The Kier molecular flexibility index (Phi) is 4.37. The van der Waals surface area contributed by atoms with Crippen LogP contribution in [0.3, 0.4) is 0 Å². The van der Waals surface area contributed by atoms with Crippen LogP contribution in [-0.4, -0.2) is 30.4 Å². The predicted octanol–water partition coefficient (Wildman–Crippen LogP) is 1.45. The Balaban J connectivity index is 2.56. The van der Waals surface area contributed by atoms with Crippen molar-refractivity contribution in [2.45, 2.75) is 12.1 Å². The van der Waals surface area contributed by atoms with Crippen LogP contribution in [0.25, 0.3) is 5.57 Å². The average Bonchev–Trinajstić information content (AvgIpc) is 2.47. The quantitative estimate of drug-likeness (QED) is 0.520. The van der Waals surface area contributed by atoms with Crippen molar-refractivity contribution in [1.82, 2.24) is 9.97 Å². The van der Waals surface area contributed by atoms with Gasteiger partial charge in [-0.05, 0) is 13.0 Å². The SMILES string of the molecule is CC(N)=C(C(=O)c1ccccc1)c1ccnc(S(C)(=O)=O)n1. The molecule has 114 valence electrons. The highest BCUT2D eigenvalue weighted by Crippen LogP contribution is 2.20. The highest BCUT2D eigenvalue weighted by Gasteiger charge is 2.20. The molecular formula is C15H15N3O3S. The normalized spacial score (nSPS) is 12.6. The van der Waals surface area contributed by atoms with E-state index in [1.807, 2.05) is 0 Å². The highest BCUT2D eigenvalue weighted by molar-refractivity contribution is 7.90. The highest BCUT2D eigenvalue weighted by atomic mass is 32.2. The zero-order valence-corrected chi connectivity index (χ0v) is 13.0. The van der Waals surface area contributed by atoms with Gasteiger partial charge in [-0.3, -0.25) is 4.79 Å².